The van der Waals surface area contributed by atoms with Gasteiger partial charge in [-0.05, 0) is 25.7 Å². The molecule has 0 radical (unpaired) electrons. The Bertz CT molecular complexity index is 347. The lowest BCUT2D eigenvalue weighted by atomic mass is 9.93. The highest BCUT2D eigenvalue weighted by Crippen LogP contribution is 2.22. The molecule has 1 unspecified atom stereocenters. The van der Waals surface area contributed by atoms with Crippen LogP contribution < -0.4 is 5.32 Å². The molecule has 0 saturated carbocycles. The van der Waals surface area contributed by atoms with E-state index in [-0.39, 0.29) is 12.1 Å². The number of carboxylic acid groups (broad SMARTS) is 1. The van der Waals surface area contributed by atoms with Gasteiger partial charge in [0.25, 0.3) is 0 Å². The fourth-order valence-electron chi connectivity index (χ4n) is 2.46. The van der Waals surface area contributed by atoms with Crippen LogP contribution in [0, 0.1) is 5.92 Å². The van der Waals surface area contributed by atoms with E-state index in [9.17, 15) is 9.59 Å². The summed E-state index contributed by atoms with van der Waals surface area (Å²) in [4.78, 5) is 24.6. The molecule has 0 aromatic carbocycles. The molecule has 108 valence electrons. The number of nitrogens with zero attached hydrogens (tertiary/aromatic N) is 1. The van der Waals surface area contributed by atoms with Crippen LogP contribution in [0.1, 0.15) is 19.8 Å². The van der Waals surface area contributed by atoms with Crippen molar-refractivity contribution in [2.75, 3.05) is 24.8 Å². The van der Waals surface area contributed by atoms with Crippen molar-refractivity contribution in [1.29, 1.82) is 0 Å². The minimum atomic E-state index is -0.932. The molecule has 2 aliphatic rings. The van der Waals surface area contributed by atoms with Gasteiger partial charge in [-0.2, -0.15) is 0 Å². The Labute approximate surface area is 116 Å². The maximum absolute atomic E-state index is 12.1. The molecular weight excluding hydrogens is 268 g/mol. The minimum absolute atomic E-state index is 0.0523. The van der Waals surface area contributed by atoms with Crippen LogP contribution in [0.4, 0.5) is 4.79 Å². The summed E-state index contributed by atoms with van der Waals surface area (Å²) in [6, 6.07) is -0.917. The van der Waals surface area contributed by atoms with Crippen LogP contribution >= 0.6 is 11.8 Å². The average molecular weight is 288 g/mol. The van der Waals surface area contributed by atoms with Gasteiger partial charge in [0.15, 0.2) is 0 Å². The molecule has 2 heterocycles. The first-order chi connectivity index (χ1) is 9.09. The highest BCUT2D eigenvalue weighted by atomic mass is 32.2. The Balaban J connectivity index is 1.87. The molecule has 7 heteroatoms. The molecule has 2 amide bonds. The number of ether oxygens (including phenoxy) is 1. The third-order valence-corrected chi connectivity index (χ3v) is 4.76. The number of carboxylic acids is 1. The molecule has 0 spiro atoms. The Morgan fingerprint density at radius 3 is 2.74 bits per heavy atom. The molecule has 2 aliphatic heterocycles. The third kappa shape index (κ3) is 3.54. The molecule has 6 nitrogen and oxygen atoms in total. The van der Waals surface area contributed by atoms with Crippen LogP contribution in [0.2, 0.25) is 0 Å². The summed E-state index contributed by atoms with van der Waals surface area (Å²) in [6.07, 6.45) is 1.89. The Kier molecular flexibility index (Phi) is 4.93. The second-order valence-corrected chi connectivity index (χ2v) is 6.01. The monoisotopic (exact) mass is 288 g/mol. The second-order valence-electron chi connectivity index (χ2n) is 5.01. The molecule has 2 fully saturated rings. The van der Waals surface area contributed by atoms with E-state index in [0.717, 1.165) is 26.1 Å². The lowest BCUT2D eigenvalue weighted by Crippen LogP contribution is -2.51. The number of urea groups is 1. The maximum atomic E-state index is 12.1. The normalized spacial score (nSPS) is 26.2. The predicted molar refractivity (Wildman–Crippen MR) is 72.1 cm³/mol. The molecular formula is C12H20N2O4S. The molecule has 2 rings (SSSR count). The van der Waals surface area contributed by atoms with Crippen molar-refractivity contribution in [1.82, 2.24) is 10.2 Å². The first-order valence-electron chi connectivity index (χ1n) is 6.55. The van der Waals surface area contributed by atoms with Crippen molar-refractivity contribution >= 4 is 23.8 Å². The van der Waals surface area contributed by atoms with E-state index in [0.29, 0.717) is 17.5 Å². The smallest absolute Gasteiger partial charge is 0.327 e. The summed E-state index contributed by atoms with van der Waals surface area (Å²) in [7, 11) is 0. The summed E-state index contributed by atoms with van der Waals surface area (Å²) in [5.74, 6) is 0.396. The first-order valence-corrected chi connectivity index (χ1v) is 7.70. The topological polar surface area (TPSA) is 78.9 Å². The molecule has 0 aromatic heterocycles. The molecule has 2 N–H and O–H groups in total. The fraction of sp³-hybridized carbons (Fsp3) is 0.833. The number of amides is 2. The maximum Gasteiger partial charge on any atom is 0.327 e. The van der Waals surface area contributed by atoms with Crippen LogP contribution in [-0.4, -0.2) is 58.9 Å². The number of carbonyl (C=O) groups is 2. The van der Waals surface area contributed by atoms with Crippen LogP contribution in [0.25, 0.3) is 0 Å². The number of hydrogen-bond acceptors (Lipinski definition) is 4. The summed E-state index contributed by atoms with van der Waals surface area (Å²) in [5, 5.41) is 12.0. The Hall–Kier alpha value is -0.950. The van der Waals surface area contributed by atoms with Gasteiger partial charge in [0.1, 0.15) is 6.04 Å². The molecule has 2 atom stereocenters. The van der Waals surface area contributed by atoms with E-state index >= 15 is 0 Å². The quantitative estimate of drug-likeness (QED) is 0.809. The van der Waals surface area contributed by atoms with Gasteiger partial charge < -0.3 is 20.1 Å². The van der Waals surface area contributed by atoms with E-state index in [1.165, 1.54) is 16.7 Å². The highest BCUT2D eigenvalue weighted by molar-refractivity contribution is 7.99. The number of thioether (sulfide) groups is 1. The molecule has 0 bridgehead atoms. The van der Waals surface area contributed by atoms with Gasteiger partial charge >= 0.3 is 12.0 Å². The minimum Gasteiger partial charge on any atom is -0.480 e. The van der Waals surface area contributed by atoms with Crippen molar-refractivity contribution in [3.05, 3.63) is 0 Å². The number of carbonyl (C=O) groups excluding carboxylic acids is 1. The summed E-state index contributed by atoms with van der Waals surface area (Å²) in [5.41, 5.74) is 0. The van der Waals surface area contributed by atoms with Gasteiger partial charge in [-0.25, -0.2) is 9.59 Å². The number of nitrogens with one attached hydrogen (secondary N) is 1. The van der Waals surface area contributed by atoms with E-state index < -0.39 is 12.0 Å². The fourth-order valence-corrected chi connectivity index (χ4v) is 3.60. The van der Waals surface area contributed by atoms with Gasteiger partial charge in [-0.1, -0.05) is 0 Å². The molecule has 2 saturated heterocycles. The standard InChI is InChI=1S/C12H20N2O4S/c1-8(9-2-4-18-5-3-9)13-12(17)14-7-19-6-10(14)11(15)16/h8-10H,2-7H2,1H3,(H,13,17)(H,15,16)/t8?,10-/m0/s1. The predicted octanol–water partition coefficient (Wildman–Crippen LogP) is 0.971. The second kappa shape index (κ2) is 6.47. The van der Waals surface area contributed by atoms with Crippen LogP contribution in [0.3, 0.4) is 0 Å². The zero-order valence-corrected chi connectivity index (χ0v) is 11.8. The highest BCUT2D eigenvalue weighted by Gasteiger charge is 2.35. The van der Waals surface area contributed by atoms with Crippen molar-refractivity contribution in [2.45, 2.75) is 31.8 Å². The lowest BCUT2D eigenvalue weighted by molar-refractivity contribution is -0.140. The number of rotatable bonds is 3. The third-order valence-electron chi connectivity index (χ3n) is 3.75. The van der Waals surface area contributed by atoms with Crippen molar-refractivity contribution in [3.8, 4) is 0 Å². The number of aliphatic carboxylic acids is 1. The van der Waals surface area contributed by atoms with Crippen molar-refractivity contribution in [3.63, 3.8) is 0 Å². The van der Waals surface area contributed by atoms with E-state index in [4.69, 9.17) is 9.84 Å². The van der Waals surface area contributed by atoms with Gasteiger partial charge in [0.05, 0.1) is 5.88 Å². The van der Waals surface area contributed by atoms with Crippen molar-refractivity contribution < 1.29 is 19.4 Å². The summed E-state index contributed by atoms with van der Waals surface area (Å²) >= 11 is 1.47. The zero-order chi connectivity index (χ0) is 13.8. The van der Waals surface area contributed by atoms with E-state index in [1.807, 2.05) is 6.92 Å². The van der Waals surface area contributed by atoms with Gasteiger partial charge in [0, 0.05) is 25.0 Å². The van der Waals surface area contributed by atoms with E-state index in [2.05, 4.69) is 5.32 Å². The Morgan fingerprint density at radius 1 is 1.42 bits per heavy atom. The lowest BCUT2D eigenvalue weighted by Gasteiger charge is -2.30. The van der Waals surface area contributed by atoms with Crippen molar-refractivity contribution in [2.24, 2.45) is 5.92 Å². The van der Waals surface area contributed by atoms with Crippen LogP contribution in [0.15, 0.2) is 0 Å². The van der Waals surface area contributed by atoms with Gasteiger partial charge in [0.2, 0.25) is 0 Å². The first kappa shape index (κ1) is 14.5. The molecule has 0 aromatic rings. The summed E-state index contributed by atoms with van der Waals surface area (Å²) < 4.78 is 5.30. The zero-order valence-electron chi connectivity index (χ0n) is 11.0. The largest absolute Gasteiger partial charge is 0.480 e. The Morgan fingerprint density at radius 2 is 2.11 bits per heavy atom. The van der Waals surface area contributed by atoms with Crippen LogP contribution in [0.5, 0.6) is 0 Å². The summed E-state index contributed by atoms with van der Waals surface area (Å²) in [6.45, 7) is 3.46. The average Bonchev–Trinajstić information content (AvgIpc) is 2.89. The van der Waals surface area contributed by atoms with Crippen LogP contribution in [-0.2, 0) is 9.53 Å². The SMILES string of the molecule is CC(NC(=O)N1CSC[C@H]1C(=O)O)C1CCOCC1. The molecule has 19 heavy (non-hydrogen) atoms. The van der Waals surface area contributed by atoms with E-state index in [1.54, 1.807) is 0 Å². The van der Waals surface area contributed by atoms with Gasteiger partial charge in [-0.15, -0.1) is 11.8 Å². The number of hydrogen-bond donors (Lipinski definition) is 2. The molecule has 0 aliphatic carbocycles. The van der Waals surface area contributed by atoms with Gasteiger partial charge in [-0.3, -0.25) is 0 Å².